The molecule has 0 bridgehead atoms. The quantitative estimate of drug-likeness (QED) is 0.723. The van der Waals surface area contributed by atoms with Crippen LogP contribution in [0.15, 0.2) is 18.2 Å². The maximum absolute atomic E-state index is 6.30. The van der Waals surface area contributed by atoms with E-state index in [0.29, 0.717) is 0 Å². The van der Waals surface area contributed by atoms with Crippen LogP contribution in [-0.2, 0) is 0 Å². The van der Waals surface area contributed by atoms with Gasteiger partial charge in [-0.2, -0.15) is 0 Å². The van der Waals surface area contributed by atoms with Crippen molar-refractivity contribution in [3.8, 4) is 0 Å². The fraction of sp³-hybridized carbons (Fsp3) is 0.571. The van der Waals surface area contributed by atoms with Crippen molar-refractivity contribution >= 4 is 5.69 Å². The van der Waals surface area contributed by atoms with Crippen LogP contribution >= 0.6 is 0 Å². The van der Waals surface area contributed by atoms with Crippen LogP contribution in [0.1, 0.15) is 61.5 Å². The predicted molar refractivity (Wildman–Crippen MR) is 64.0 cm³/mol. The third kappa shape index (κ3) is 1.45. The Bertz CT molecular complexity index is 329. The molecule has 0 unspecified atom stereocenters. The lowest BCUT2D eigenvalue weighted by Crippen LogP contribution is -2.15. The number of benzene rings is 1. The highest BCUT2D eigenvalue weighted by molar-refractivity contribution is 5.57. The van der Waals surface area contributed by atoms with E-state index in [9.17, 15) is 0 Å². The second kappa shape index (κ2) is 3.55. The summed E-state index contributed by atoms with van der Waals surface area (Å²) in [6.07, 6.45) is 8.16. The van der Waals surface area contributed by atoms with Crippen LogP contribution in [0.3, 0.4) is 0 Å². The van der Waals surface area contributed by atoms with E-state index < -0.39 is 0 Å². The summed E-state index contributed by atoms with van der Waals surface area (Å²) < 4.78 is 0. The lowest BCUT2D eigenvalue weighted by molar-refractivity contribution is 0.411. The van der Waals surface area contributed by atoms with Gasteiger partial charge in [-0.05, 0) is 48.6 Å². The van der Waals surface area contributed by atoms with Gasteiger partial charge in [0.1, 0.15) is 0 Å². The minimum absolute atomic E-state index is 0.769. The molecule has 2 aliphatic carbocycles. The highest BCUT2D eigenvalue weighted by atomic mass is 14.6. The predicted octanol–water partition coefficient (Wildman–Crippen LogP) is 3.80. The number of hydrogen-bond donors (Lipinski definition) is 1. The molecule has 0 saturated heterocycles. The summed E-state index contributed by atoms with van der Waals surface area (Å²) >= 11 is 0. The van der Waals surface area contributed by atoms with Crippen LogP contribution in [-0.4, -0.2) is 0 Å². The number of para-hydroxylation sites is 1. The molecule has 2 N–H and O–H groups in total. The summed E-state index contributed by atoms with van der Waals surface area (Å²) in [4.78, 5) is 0. The van der Waals surface area contributed by atoms with Gasteiger partial charge in [-0.15, -0.1) is 0 Å². The lowest BCUT2D eigenvalue weighted by Gasteiger charge is -2.31. The molecule has 1 aromatic carbocycles. The molecule has 1 nitrogen and oxygen atoms in total. The molecule has 2 saturated carbocycles. The van der Waals surface area contributed by atoms with Crippen molar-refractivity contribution in [2.24, 2.45) is 0 Å². The summed E-state index contributed by atoms with van der Waals surface area (Å²) in [5.74, 6) is 1.54. The van der Waals surface area contributed by atoms with Gasteiger partial charge >= 0.3 is 0 Å². The molecule has 15 heavy (non-hydrogen) atoms. The lowest BCUT2D eigenvalue weighted by atomic mass is 9.75. The third-order valence-electron chi connectivity index (χ3n) is 4.26. The largest absolute Gasteiger partial charge is 0.398 e. The second-order valence-corrected chi connectivity index (χ2v) is 5.11. The van der Waals surface area contributed by atoms with E-state index in [-0.39, 0.29) is 0 Å². The molecule has 0 radical (unpaired) electrons. The molecule has 0 amide bonds. The summed E-state index contributed by atoms with van der Waals surface area (Å²) in [6, 6.07) is 6.68. The molecule has 80 valence electrons. The van der Waals surface area contributed by atoms with Gasteiger partial charge in [0.05, 0.1) is 0 Å². The van der Waals surface area contributed by atoms with E-state index in [1.54, 1.807) is 0 Å². The van der Waals surface area contributed by atoms with E-state index >= 15 is 0 Å². The van der Waals surface area contributed by atoms with Crippen LogP contribution < -0.4 is 5.73 Å². The molecule has 1 aromatic rings. The highest BCUT2D eigenvalue weighted by Crippen LogP contribution is 2.44. The van der Waals surface area contributed by atoms with Crippen LogP contribution in [0.2, 0.25) is 0 Å². The topological polar surface area (TPSA) is 26.0 Å². The van der Waals surface area contributed by atoms with Crippen molar-refractivity contribution in [3.63, 3.8) is 0 Å². The average molecular weight is 201 g/mol. The van der Waals surface area contributed by atoms with Crippen molar-refractivity contribution in [1.29, 1.82) is 0 Å². The van der Waals surface area contributed by atoms with E-state index in [2.05, 4.69) is 18.2 Å². The molecular weight excluding hydrogens is 182 g/mol. The summed E-state index contributed by atoms with van der Waals surface area (Å²) in [5, 5.41) is 0. The van der Waals surface area contributed by atoms with Crippen molar-refractivity contribution in [1.82, 2.24) is 0 Å². The highest BCUT2D eigenvalue weighted by Gasteiger charge is 2.26. The van der Waals surface area contributed by atoms with E-state index in [1.165, 1.54) is 49.7 Å². The Morgan fingerprint density at radius 1 is 0.867 bits per heavy atom. The molecule has 0 aliphatic heterocycles. The van der Waals surface area contributed by atoms with Crippen molar-refractivity contribution in [2.45, 2.75) is 50.4 Å². The van der Waals surface area contributed by atoms with Crippen LogP contribution in [0.5, 0.6) is 0 Å². The minimum Gasteiger partial charge on any atom is -0.398 e. The standard InChI is InChI=1S/C14H19N/c15-14-12(10-4-1-5-10)8-3-9-13(14)11-6-2-7-11/h3,8-11H,1-2,4-7,15H2. The van der Waals surface area contributed by atoms with Gasteiger partial charge in [-0.3, -0.25) is 0 Å². The normalized spacial score (nSPS) is 22.1. The van der Waals surface area contributed by atoms with Crippen LogP contribution in [0.4, 0.5) is 5.69 Å². The number of nitrogens with two attached hydrogens (primary N) is 1. The number of nitrogen functional groups attached to an aromatic ring is 1. The molecule has 2 aliphatic rings. The van der Waals surface area contributed by atoms with Crippen LogP contribution in [0, 0.1) is 0 Å². The van der Waals surface area contributed by atoms with Gasteiger partial charge in [0, 0.05) is 5.69 Å². The maximum Gasteiger partial charge on any atom is 0.0384 e. The monoisotopic (exact) mass is 201 g/mol. The SMILES string of the molecule is Nc1c(C2CCC2)cccc1C1CCC1. The van der Waals surface area contributed by atoms with Gasteiger partial charge < -0.3 is 5.73 Å². The number of rotatable bonds is 2. The smallest absolute Gasteiger partial charge is 0.0384 e. The van der Waals surface area contributed by atoms with Crippen molar-refractivity contribution in [3.05, 3.63) is 29.3 Å². The van der Waals surface area contributed by atoms with Gasteiger partial charge in [0.15, 0.2) is 0 Å². The first kappa shape index (κ1) is 9.26. The molecule has 1 heteroatoms. The number of hydrogen-bond acceptors (Lipinski definition) is 1. The Morgan fingerprint density at radius 3 is 1.67 bits per heavy atom. The molecule has 0 aromatic heterocycles. The molecule has 0 atom stereocenters. The van der Waals surface area contributed by atoms with Gasteiger partial charge in [0.2, 0.25) is 0 Å². The fourth-order valence-electron chi connectivity index (χ4n) is 2.75. The molecule has 2 fully saturated rings. The maximum atomic E-state index is 6.30. The fourth-order valence-corrected chi connectivity index (χ4v) is 2.75. The zero-order valence-corrected chi connectivity index (χ0v) is 9.21. The van der Waals surface area contributed by atoms with Crippen molar-refractivity contribution < 1.29 is 0 Å². The minimum atomic E-state index is 0.769. The van der Waals surface area contributed by atoms with Gasteiger partial charge in [0.25, 0.3) is 0 Å². The Kier molecular flexibility index (Phi) is 2.19. The average Bonchev–Trinajstić information content (AvgIpc) is 2.05. The summed E-state index contributed by atoms with van der Waals surface area (Å²) in [6.45, 7) is 0. The van der Waals surface area contributed by atoms with E-state index in [1.807, 2.05) is 0 Å². The molecule has 0 spiro atoms. The Balaban J connectivity index is 1.93. The summed E-state index contributed by atoms with van der Waals surface area (Å²) in [5.41, 5.74) is 10.3. The first-order chi connectivity index (χ1) is 7.36. The number of anilines is 1. The molecule has 0 heterocycles. The third-order valence-corrected chi connectivity index (χ3v) is 4.26. The molecular formula is C14H19N. The Hall–Kier alpha value is -0.980. The van der Waals surface area contributed by atoms with Gasteiger partial charge in [-0.1, -0.05) is 31.0 Å². The second-order valence-electron chi connectivity index (χ2n) is 5.11. The van der Waals surface area contributed by atoms with Crippen molar-refractivity contribution in [2.75, 3.05) is 5.73 Å². The molecule has 3 rings (SSSR count). The zero-order valence-electron chi connectivity index (χ0n) is 9.21. The summed E-state index contributed by atoms with van der Waals surface area (Å²) in [7, 11) is 0. The Morgan fingerprint density at radius 2 is 1.33 bits per heavy atom. The van der Waals surface area contributed by atoms with Gasteiger partial charge in [-0.25, -0.2) is 0 Å². The van der Waals surface area contributed by atoms with E-state index in [4.69, 9.17) is 5.73 Å². The Labute approximate surface area is 91.7 Å². The van der Waals surface area contributed by atoms with E-state index in [0.717, 1.165) is 17.5 Å². The first-order valence-corrected chi connectivity index (χ1v) is 6.24. The first-order valence-electron chi connectivity index (χ1n) is 6.24. The van der Waals surface area contributed by atoms with Crippen LogP contribution in [0.25, 0.3) is 0 Å². The zero-order chi connectivity index (χ0) is 10.3.